The second kappa shape index (κ2) is 13.0. The number of pyridine rings is 1. The molecule has 2 aromatic rings. The summed E-state index contributed by atoms with van der Waals surface area (Å²) in [7, 11) is 4.23. The topological polar surface area (TPSA) is 114 Å². The third-order valence-electron chi connectivity index (χ3n) is 5.88. The monoisotopic (exact) mass is 524 g/mol. The largest absolute Gasteiger partial charge is 0.493 e. The standard InChI is InChI=1S/C25H30F2N2O8/c1-14(30)36-16-6-8-19(29-37-25(31)17-7-10-23(33-3)28-24(17)34-4)18(12-16)15-5-9-20(21(11-15)32-2)35-13-22(26)27/h5,7,9-11,16,18-19,22,29H,6,8,12-13H2,1-4H3. The van der Waals surface area contributed by atoms with Gasteiger partial charge >= 0.3 is 11.9 Å². The van der Waals surface area contributed by atoms with E-state index in [1.165, 1.54) is 40.4 Å². The number of hydroxylamine groups is 1. The summed E-state index contributed by atoms with van der Waals surface area (Å²) in [5.74, 6) is -0.605. The van der Waals surface area contributed by atoms with Gasteiger partial charge in [-0.05, 0) is 43.0 Å². The van der Waals surface area contributed by atoms with Crippen LogP contribution >= 0.6 is 0 Å². The van der Waals surface area contributed by atoms with Crippen LogP contribution < -0.4 is 24.4 Å². The van der Waals surface area contributed by atoms with E-state index in [9.17, 15) is 18.4 Å². The van der Waals surface area contributed by atoms with E-state index in [1.54, 1.807) is 18.2 Å². The molecule has 1 N–H and O–H groups in total. The Kier molecular flexibility index (Phi) is 9.84. The van der Waals surface area contributed by atoms with Gasteiger partial charge in [0.05, 0.1) is 27.4 Å². The lowest BCUT2D eigenvalue weighted by atomic mass is 9.79. The molecule has 12 heteroatoms. The number of rotatable bonds is 11. The van der Waals surface area contributed by atoms with Crippen molar-refractivity contribution in [2.75, 3.05) is 27.9 Å². The molecule has 0 bridgehead atoms. The lowest BCUT2D eigenvalue weighted by Gasteiger charge is -2.36. The molecule has 3 unspecified atom stereocenters. The van der Waals surface area contributed by atoms with Crippen LogP contribution in [-0.2, 0) is 14.4 Å². The summed E-state index contributed by atoms with van der Waals surface area (Å²) in [6.07, 6.45) is -1.48. The first-order valence-electron chi connectivity index (χ1n) is 11.6. The minimum absolute atomic E-state index is 0.0467. The van der Waals surface area contributed by atoms with E-state index in [2.05, 4.69) is 10.5 Å². The van der Waals surface area contributed by atoms with Crippen LogP contribution in [0.5, 0.6) is 23.3 Å². The number of hydrogen-bond donors (Lipinski definition) is 1. The molecular formula is C25H30F2N2O8. The Morgan fingerprint density at radius 3 is 2.49 bits per heavy atom. The first-order chi connectivity index (χ1) is 17.7. The summed E-state index contributed by atoms with van der Waals surface area (Å²) >= 11 is 0. The number of halogens is 2. The summed E-state index contributed by atoms with van der Waals surface area (Å²) in [5, 5.41) is 0. The highest BCUT2D eigenvalue weighted by Gasteiger charge is 2.35. The maximum absolute atomic E-state index is 12.8. The highest BCUT2D eigenvalue weighted by atomic mass is 19.3. The zero-order valence-electron chi connectivity index (χ0n) is 21.0. The van der Waals surface area contributed by atoms with E-state index in [-0.39, 0.29) is 46.9 Å². The zero-order chi connectivity index (χ0) is 26.9. The van der Waals surface area contributed by atoms with E-state index in [4.69, 9.17) is 28.5 Å². The Hall–Kier alpha value is -3.67. The fourth-order valence-corrected chi connectivity index (χ4v) is 4.20. The molecule has 1 aliphatic carbocycles. The van der Waals surface area contributed by atoms with Crippen LogP contribution in [0.2, 0.25) is 0 Å². The molecule has 1 aliphatic rings. The van der Waals surface area contributed by atoms with Gasteiger partial charge in [-0.25, -0.2) is 13.6 Å². The number of nitrogens with zero attached hydrogens (tertiary/aromatic N) is 1. The first-order valence-corrected chi connectivity index (χ1v) is 11.6. The zero-order valence-corrected chi connectivity index (χ0v) is 21.0. The SMILES string of the molecule is COc1ccc(C(=O)ONC2CCC(OC(C)=O)CC2c2ccc(OCC(F)F)c(OC)c2)c(OC)n1. The van der Waals surface area contributed by atoms with E-state index < -0.39 is 25.0 Å². The van der Waals surface area contributed by atoms with Gasteiger partial charge in [0, 0.05) is 18.9 Å². The average Bonchev–Trinajstić information content (AvgIpc) is 2.89. The van der Waals surface area contributed by atoms with E-state index in [0.717, 1.165) is 5.56 Å². The number of nitrogens with one attached hydrogen (secondary N) is 1. The summed E-state index contributed by atoms with van der Waals surface area (Å²) in [4.78, 5) is 33.8. The highest BCUT2D eigenvalue weighted by molar-refractivity contribution is 5.91. The minimum Gasteiger partial charge on any atom is -0.493 e. The molecule has 0 spiro atoms. The molecule has 202 valence electrons. The lowest BCUT2D eigenvalue weighted by molar-refractivity contribution is -0.148. The molecule has 0 radical (unpaired) electrons. The van der Waals surface area contributed by atoms with Crippen LogP contribution in [0.25, 0.3) is 0 Å². The Morgan fingerprint density at radius 1 is 1.05 bits per heavy atom. The van der Waals surface area contributed by atoms with Crippen LogP contribution in [0, 0.1) is 0 Å². The van der Waals surface area contributed by atoms with Gasteiger partial charge in [-0.15, -0.1) is 5.48 Å². The molecule has 3 atom stereocenters. The summed E-state index contributed by atoms with van der Waals surface area (Å²) < 4.78 is 51.4. The Morgan fingerprint density at radius 2 is 1.84 bits per heavy atom. The number of aromatic nitrogens is 1. The molecular weight excluding hydrogens is 494 g/mol. The van der Waals surface area contributed by atoms with Crippen LogP contribution in [-0.4, -0.2) is 63.4 Å². The first kappa shape index (κ1) is 27.9. The van der Waals surface area contributed by atoms with Gasteiger partial charge in [0.1, 0.15) is 18.3 Å². The predicted molar refractivity (Wildman–Crippen MR) is 126 cm³/mol. The van der Waals surface area contributed by atoms with Crippen molar-refractivity contribution in [2.24, 2.45) is 0 Å². The van der Waals surface area contributed by atoms with Crippen LogP contribution in [0.3, 0.4) is 0 Å². The van der Waals surface area contributed by atoms with Crippen molar-refractivity contribution in [2.45, 2.75) is 50.7 Å². The van der Waals surface area contributed by atoms with Crippen molar-refractivity contribution in [3.8, 4) is 23.3 Å². The number of benzene rings is 1. The minimum atomic E-state index is -2.63. The molecule has 0 saturated heterocycles. The van der Waals surface area contributed by atoms with E-state index in [1.807, 2.05) is 0 Å². The van der Waals surface area contributed by atoms with E-state index in [0.29, 0.717) is 19.3 Å². The van der Waals surface area contributed by atoms with Crippen molar-refractivity contribution in [3.05, 3.63) is 41.5 Å². The summed E-state index contributed by atoms with van der Waals surface area (Å²) in [6, 6.07) is 7.57. The van der Waals surface area contributed by atoms with Gasteiger partial charge in [0.25, 0.3) is 6.43 Å². The molecule has 1 aromatic heterocycles. The molecule has 1 fully saturated rings. The van der Waals surface area contributed by atoms with E-state index >= 15 is 0 Å². The molecule has 0 amide bonds. The van der Waals surface area contributed by atoms with Crippen LogP contribution in [0.4, 0.5) is 8.78 Å². The Bertz CT molecular complexity index is 1080. The third kappa shape index (κ3) is 7.42. The van der Waals surface area contributed by atoms with Gasteiger partial charge in [0.2, 0.25) is 11.8 Å². The maximum atomic E-state index is 12.8. The van der Waals surface area contributed by atoms with Gasteiger partial charge in [-0.3, -0.25) is 4.79 Å². The molecule has 1 saturated carbocycles. The third-order valence-corrected chi connectivity index (χ3v) is 5.88. The highest BCUT2D eigenvalue weighted by Crippen LogP contribution is 2.39. The Labute approximate surface area is 213 Å². The summed E-state index contributed by atoms with van der Waals surface area (Å²) in [5.41, 5.74) is 3.70. The Balaban J connectivity index is 1.80. The van der Waals surface area contributed by atoms with Crippen molar-refractivity contribution < 1.29 is 46.9 Å². The van der Waals surface area contributed by atoms with Gasteiger partial charge in [0.15, 0.2) is 11.5 Å². The average molecular weight is 525 g/mol. The van der Waals surface area contributed by atoms with Gasteiger partial charge in [-0.2, -0.15) is 4.98 Å². The van der Waals surface area contributed by atoms with Crippen molar-refractivity contribution in [3.63, 3.8) is 0 Å². The number of methoxy groups -OCH3 is 3. The van der Waals surface area contributed by atoms with Gasteiger partial charge < -0.3 is 28.5 Å². The predicted octanol–water partition coefficient (Wildman–Crippen LogP) is 3.68. The molecule has 1 aromatic carbocycles. The van der Waals surface area contributed by atoms with Gasteiger partial charge in [-0.1, -0.05) is 6.07 Å². The molecule has 10 nitrogen and oxygen atoms in total. The number of alkyl halides is 2. The fraction of sp³-hybridized carbons (Fsp3) is 0.480. The molecule has 37 heavy (non-hydrogen) atoms. The van der Waals surface area contributed by atoms with Crippen molar-refractivity contribution in [1.29, 1.82) is 0 Å². The van der Waals surface area contributed by atoms with Crippen molar-refractivity contribution in [1.82, 2.24) is 10.5 Å². The number of ether oxygens (including phenoxy) is 5. The number of carbonyl (C=O) groups is 2. The quantitative estimate of drug-likeness (QED) is 0.345. The normalized spacial score (nSPS) is 19.2. The second-order valence-corrected chi connectivity index (χ2v) is 8.29. The lowest BCUT2D eigenvalue weighted by Crippen LogP contribution is -2.42. The molecule has 1 heterocycles. The second-order valence-electron chi connectivity index (χ2n) is 8.29. The van der Waals surface area contributed by atoms with Crippen molar-refractivity contribution >= 4 is 11.9 Å². The van der Waals surface area contributed by atoms with Crippen LogP contribution in [0.15, 0.2) is 30.3 Å². The molecule has 0 aliphatic heterocycles. The molecule has 3 rings (SSSR count). The smallest absolute Gasteiger partial charge is 0.362 e. The number of carbonyl (C=O) groups excluding carboxylic acids is 2. The number of hydrogen-bond acceptors (Lipinski definition) is 10. The summed E-state index contributed by atoms with van der Waals surface area (Å²) in [6.45, 7) is 0.576. The maximum Gasteiger partial charge on any atom is 0.362 e. The number of esters is 1. The fourth-order valence-electron chi connectivity index (χ4n) is 4.20. The van der Waals surface area contributed by atoms with Crippen LogP contribution in [0.1, 0.15) is 48.0 Å².